The molecule has 0 saturated heterocycles. The zero-order valence-electron chi connectivity index (χ0n) is 8.77. The molecule has 1 aliphatic carbocycles. The third-order valence-corrected chi connectivity index (χ3v) is 2.40. The van der Waals surface area contributed by atoms with E-state index in [9.17, 15) is 4.79 Å². The molecule has 0 aromatic carbocycles. The summed E-state index contributed by atoms with van der Waals surface area (Å²) in [5.41, 5.74) is 6.32. The minimum absolute atomic E-state index is 0.234. The maximum atomic E-state index is 11.4. The Hall–Kier alpha value is -1.52. The lowest BCUT2D eigenvalue weighted by Gasteiger charge is -1.98. The van der Waals surface area contributed by atoms with Crippen molar-refractivity contribution in [2.45, 2.75) is 26.3 Å². The summed E-state index contributed by atoms with van der Waals surface area (Å²) in [6, 6.07) is 0. The minimum Gasteiger partial charge on any atom is -0.461 e. The Balaban J connectivity index is 2.09. The standard InChI is InChI=1S/C10H15N3O2/c1-2-15-10(14)9-8(11)6-13(12-9)5-7-3-4-7/h6-7H,2-5,11H2,1H3. The van der Waals surface area contributed by atoms with Crippen molar-refractivity contribution in [2.75, 3.05) is 12.3 Å². The van der Waals surface area contributed by atoms with Crippen LogP contribution in [0.3, 0.4) is 0 Å². The number of hydrogen-bond acceptors (Lipinski definition) is 4. The van der Waals surface area contributed by atoms with Crippen LogP contribution in [0.4, 0.5) is 5.69 Å². The Bertz CT molecular complexity index is 369. The van der Waals surface area contributed by atoms with Crippen molar-refractivity contribution < 1.29 is 9.53 Å². The van der Waals surface area contributed by atoms with Gasteiger partial charge in [-0.25, -0.2) is 4.79 Å². The number of ether oxygens (including phenoxy) is 1. The van der Waals surface area contributed by atoms with Crippen molar-refractivity contribution >= 4 is 11.7 Å². The van der Waals surface area contributed by atoms with Gasteiger partial charge in [0.25, 0.3) is 0 Å². The Labute approximate surface area is 88.2 Å². The molecule has 5 heteroatoms. The molecule has 1 saturated carbocycles. The maximum Gasteiger partial charge on any atom is 0.361 e. The van der Waals surface area contributed by atoms with E-state index in [2.05, 4.69) is 5.10 Å². The van der Waals surface area contributed by atoms with Crippen LogP contribution in [0.5, 0.6) is 0 Å². The van der Waals surface area contributed by atoms with Gasteiger partial charge in [-0.05, 0) is 25.7 Å². The van der Waals surface area contributed by atoms with Gasteiger partial charge in [0.05, 0.1) is 12.3 Å². The highest BCUT2D eigenvalue weighted by Crippen LogP contribution is 2.30. The van der Waals surface area contributed by atoms with Gasteiger partial charge in [0, 0.05) is 12.7 Å². The Morgan fingerprint density at radius 1 is 1.73 bits per heavy atom. The molecule has 1 fully saturated rings. The predicted octanol–water partition coefficient (Wildman–Crippen LogP) is 1.05. The SMILES string of the molecule is CCOC(=O)c1nn(CC2CC2)cc1N. The van der Waals surface area contributed by atoms with Gasteiger partial charge in [-0.2, -0.15) is 5.10 Å². The molecule has 1 aromatic heterocycles. The molecule has 1 aliphatic rings. The zero-order chi connectivity index (χ0) is 10.8. The number of carbonyl (C=O) groups excluding carboxylic acids is 1. The van der Waals surface area contributed by atoms with Crippen LogP contribution in [-0.4, -0.2) is 22.4 Å². The number of aromatic nitrogens is 2. The predicted molar refractivity (Wildman–Crippen MR) is 55.3 cm³/mol. The smallest absolute Gasteiger partial charge is 0.361 e. The molecular formula is C10H15N3O2. The number of nitrogens with two attached hydrogens (primary N) is 1. The van der Waals surface area contributed by atoms with Gasteiger partial charge in [0.2, 0.25) is 0 Å². The summed E-state index contributed by atoms with van der Waals surface area (Å²) in [5.74, 6) is 0.267. The third-order valence-electron chi connectivity index (χ3n) is 2.40. The second kappa shape index (κ2) is 3.92. The second-order valence-electron chi connectivity index (χ2n) is 3.82. The van der Waals surface area contributed by atoms with E-state index in [1.165, 1.54) is 12.8 Å². The number of nitrogen functional groups attached to an aromatic ring is 1. The van der Waals surface area contributed by atoms with Crippen molar-refractivity contribution in [1.82, 2.24) is 9.78 Å². The molecule has 2 rings (SSSR count). The Kier molecular flexibility index (Phi) is 2.62. The number of nitrogens with zero attached hydrogens (tertiary/aromatic N) is 2. The van der Waals surface area contributed by atoms with Gasteiger partial charge in [0.15, 0.2) is 5.69 Å². The van der Waals surface area contributed by atoms with Crippen molar-refractivity contribution in [3.8, 4) is 0 Å². The summed E-state index contributed by atoms with van der Waals surface area (Å²) >= 11 is 0. The highest BCUT2D eigenvalue weighted by molar-refractivity contribution is 5.92. The number of anilines is 1. The van der Waals surface area contributed by atoms with E-state index in [4.69, 9.17) is 10.5 Å². The van der Waals surface area contributed by atoms with Crippen molar-refractivity contribution in [2.24, 2.45) is 5.92 Å². The third kappa shape index (κ3) is 2.29. The van der Waals surface area contributed by atoms with E-state index in [1.807, 2.05) is 0 Å². The van der Waals surface area contributed by atoms with E-state index >= 15 is 0 Å². The van der Waals surface area contributed by atoms with Gasteiger partial charge in [-0.1, -0.05) is 0 Å². The maximum absolute atomic E-state index is 11.4. The van der Waals surface area contributed by atoms with Crippen LogP contribution in [-0.2, 0) is 11.3 Å². The van der Waals surface area contributed by atoms with E-state index in [1.54, 1.807) is 17.8 Å². The normalized spacial score (nSPS) is 15.3. The van der Waals surface area contributed by atoms with Gasteiger partial charge < -0.3 is 10.5 Å². The van der Waals surface area contributed by atoms with Gasteiger partial charge in [0.1, 0.15) is 0 Å². The van der Waals surface area contributed by atoms with Crippen LogP contribution in [0.1, 0.15) is 30.3 Å². The van der Waals surface area contributed by atoms with Crippen molar-refractivity contribution in [3.63, 3.8) is 0 Å². The molecule has 0 aliphatic heterocycles. The summed E-state index contributed by atoms with van der Waals surface area (Å²) in [4.78, 5) is 11.4. The number of hydrogen-bond donors (Lipinski definition) is 1. The first-order chi connectivity index (χ1) is 7.20. The molecule has 0 spiro atoms. The van der Waals surface area contributed by atoms with E-state index in [0.29, 0.717) is 18.2 Å². The zero-order valence-corrected chi connectivity index (χ0v) is 8.77. The Morgan fingerprint density at radius 2 is 2.47 bits per heavy atom. The molecular weight excluding hydrogens is 194 g/mol. The summed E-state index contributed by atoms with van der Waals surface area (Å²) in [6.45, 7) is 2.95. The first-order valence-electron chi connectivity index (χ1n) is 5.20. The molecule has 15 heavy (non-hydrogen) atoms. The van der Waals surface area contributed by atoms with Gasteiger partial charge >= 0.3 is 5.97 Å². The molecule has 0 unspecified atom stereocenters. The molecule has 2 N–H and O–H groups in total. The van der Waals surface area contributed by atoms with Crippen molar-refractivity contribution in [1.29, 1.82) is 0 Å². The molecule has 82 valence electrons. The lowest BCUT2D eigenvalue weighted by atomic mass is 10.4. The van der Waals surface area contributed by atoms with E-state index in [-0.39, 0.29) is 5.69 Å². The minimum atomic E-state index is -0.440. The first kappa shape index (κ1) is 10.0. The summed E-state index contributed by atoms with van der Waals surface area (Å²) in [7, 11) is 0. The average Bonchev–Trinajstić information content (AvgIpc) is 2.90. The lowest BCUT2D eigenvalue weighted by Crippen LogP contribution is -2.09. The Morgan fingerprint density at radius 3 is 3.07 bits per heavy atom. The van der Waals surface area contributed by atoms with Gasteiger partial charge in [-0.3, -0.25) is 4.68 Å². The van der Waals surface area contributed by atoms with Crippen LogP contribution in [0.15, 0.2) is 6.20 Å². The van der Waals surface area contributed by atoms with Gasteiger partial charge in [-0.15, -0.1) is 0 Å². The molecule has 1 heterocycles. The first-order valence-corrected chi connectivity index (χ1v) is 5.20. The summed E-state index contributed by atoms with van der Waals surface area (Å²) in [5, 5.41) is 4.13. The van der Waals surface area contributed by atoms with Crippen LogP contribution in [0, 0.1) is 5.92 Å². The summed E-state index contributed by atoms with van der Waals surface area (Å²) < 4.78 is 6.58. The van der Waals surface area contributed by atoms with Crippen LogP contribution >= 0.6 is 0 Å². The number of rotatable bonds is 4. The fourth-order valence-corrected chi connectivity index (χ4v) is 1.45. The molecule has 0 bridgehead atoms. The molecule has 0 amide bonds. The quantitative estimate of drug-likeness (QED) is 0.752. The topological polar surface area (TPSA) is 70.1 Å². The monoisotopic (exact) mass is 209 g/mol. The van der Waals surface area contributed by atoms with Crippen molar-refractivity contribution in [3.05, 3.63) is 11.9 Å². The number of esters is 1. The van der Waals surface area contributed by atoms with Crippen LogP contribution in [0.25, 0.3) is 0 Å². The highest BCUT2D eigenvalue weighted by Gasteiger charge is 2.23. The highest BCUT2D eigenvalue weighted by atomic mass is 16.5. The fraction of sp³-hybridized carbons (Fsp3) is 0.600. The largest absolute Gasteiger partial charge is 0.461 e. The molecule has 0 atom stereocenters. The second-order valence-corrected chi connectivity index (χ2v) is 3.82. The van der Waals surface area contributed by atoms with Crippen LogP contribution < -0.4 is 5.73 Å². The molecule has 1 aromatic rings. The van der Waals surface area contributed by atoms with Crippen LogP contribution in [0.2, 0.25) is 0 Å². The fourth-order valence-electron chi connectivity index (χ4n) is 1.45. The average molecular weight is 209 g/mol. The van der Waals surface area contributed by atoms with E-state index < -0.39 is 5.97 Å². The molecule has 0 radical (unpaired) electrons. The lowest BCUT2D eigenvalue weighted by molar-refractivity contribution is 0.0519. The molecule has 5 nitrogen and oxygen atoms in total. The number of carbonyl (C=O) groups is 1. The van der Waals surface area contributed by atoms with E-state index in [0.717, 1.165) is 6.54 Å². The summed E-state index contributed by atoms with van der Waals surface area (Å²) in [6.07, 6.45) is 4.19.